The van der Waals surface area contributed by atoms with E-state index in [1.807, 2.05) is 0 Å². The summed E-state index contributed by atoms with van der Waals surface area (Å²) in [5.41, 5.74) is -0.837. The molecule has 142 valence electrons. The zero-order chi connectivity index (χ0) is 19.3. The average Bonchev–Trinajstić information content (AvgIpc) is 3.12. The van der Waals surface area contributed by atoms with Gasteiger partial charge < -0.3 is 15.1 Å². The number of carbonyl (C=O) groups excluding carboxylic acids is 1. The van der Waals surface area contributed by atoms with E-state index in [1.54, 1.807) is 32.9 Å². The van der Waals surface area contributed by atoms with Gasteiger partial charge in [0.1, 0.15) is 16.6 Å². The number of anilines is 1. The highest BCUT2D eigenvalue weighted by Gasteiger charge is 2.48. The molecule has 6 nitrogen and oxygen atoms in total. The van der Waals surface area contributed by atoms with Gasteiger partial charge in [-0.3, -0.25) is 4.79 Å². The highest BCUT2D eigenvalue weighted by Crippen LogP contribution is 2.46. The summed E-state index contributed by atoms with van der Waals surface area (Å²) in [4.78, 5) is 12.4. The van der Waals surface area contributed by atoms with Crippen LogP contribution in [0.5, 0.6) is 0 Å². The lowest BCUT2D eigenvalue weighted by Crippen LogP contribution is -2.41. The molecule has 1 amide bonds. The van der Waals surface area contributed by atoms with E-state index in [-0.39, 0.29) is 23.0 Å². The van der Waals surface area contributed by atoms with E-state index < -0.39 is 29.7 Å². The Hall–Kier alpha value is -2.16. The second-order valence-electron chi connectivity index (χ2n) is 7.17. The molecule has 0 saturated carbocycles. The molecule has 3 heterocycles. The van der Waals surface area contributed by atoms with E-state index >= 15 is 0 Å². The molecule has 26 heavy (non-hydrogen) atoms. The van der Waals surface area contributed by atoms with E-state index in [2.05, 4.69) is 15.7 Å². The van der Waals surface area contributed by atoms with E-state index in [9.17, 15) is 18.0 Å². The standard InChI is InChI=1S/C16H18ClF3N4O2/c1-15(2,3)22-14(25)12-11(17)13-21-8(9-5-4-6-26-9)7-10(16(18,19)20)24(13)23-12/h4-6,8,10,21H,7H2,1-3H3,(H,22,25)/t8-,10-/m1/s1. The van der Waals surface area contributed by atoms with Crippen LogP contribution in [0.2, 0.25) is 5.02 Å². The Labute approximate surface area is 152 Å². The third-order valence-corrected chi connectivity index (χ3v) is 4.24. The first kappa shape index (κ1) is 18.6. The summed E-state index contributed by atoms with van der Waals surface area (Å²) in [7, 11) is 0. The maximum atomic E-state index is 13.6. The Bertz CT molecular complexity index is 809. The van der Waals surface area contributed by atoms with Gasteiger partial charge in [0.25, 0.3) is 5.91 Å². The summed E-state index contributed by atoms with van der Waals surface area (Å²) in [5.74, 6) is -0.342. The third kappa shape index (κ3) is 3.53. The van der Waals surface area contributed by atoms with Crippen molar-refractivity contribution in [3.05, 3.63) is 34.9 Å². The Morgan fingerprint density at radius 2 is 2.12 bits per heavy atom. The number of carbonyl (C=O) groups is 1. The van der Waals surface area contributed by atoms with Crippen LogP contribution in [-0.2, 0) is 0 Å². The second kappa shape index (κ2) is 6.22. The predicted octanol–water partition coefficient (Wildman–Crippen LogP) is 4.32. The lowest BCUT2D eigenvalue weighted by Gasteiger charge is -2.32. The number of nitrogens with one attached hydrogen (secondary N) is 2. The molecule has 3 rings (SSSR count). The monoisotopic (exact) mass is 390 g/mol. The first-order chi connectivity index (χ1) is 12.0. The van der Waals surface area contributed by atoms with Crippen LogP contribution < -0.4 is 10.6 Å². The molecule has 2 N–H and O–H groups in total. The van der Waals surface area contributed by atoms with Crippen LogP contribution >= 0.6 is 11.6 Å². The zero-order valence-corrected chi connectivity index (χ0v) is 15.1. The van der Waals surface area contributed by atoms with Gasteiger partial charge in [0.15, 0.2) is 11.7 Å². The molecular formula is C16H18ClF3N4O2. The normalized spacial score (nSPS) is 20.4. The van der Waals surface area contributed by atoms with Crippen LogP contribution in [-0.4, -0.2) is 27.4 Å². The number of hydrogen-bond donors (Lipinski definition) is 2. The molecular weight excluding hydrogens is 373 g/mol. The second-order valence-corrected chi connectivity index (χ2v) is 7.54. The number of fused-ring (bicyclic) bond motifs is 1. The molecule has 0 spiro atoms. The summed E-state index contributed by atoms with van der Waals surface area (Å²) in [5, 5.41) is 9.26. The highest BCUT2D eigenvalue weighted by molar-refractivity contribution is 6.36. The van der Waals surface area contributed by atoms with Gasteiger partial charge in [-0.1, -0.05) is 11.6 Å². The molecule has 0 radical (unpaired) electrons. The first-order valence-electron chi connectivity index (χ1n) is 7.94. The molecule has 10 heteroatoms. The van der Waals surface area contributed by atoms with Gasteiger partial charge in [0, 0.05) is 12.0 Å². The quantitative estimate of drug-likeness (QED) is 0.801. The Kier molecular flexibility index (Phi) is 4.46. The summed E-state index contributed by atoms with van der Waals surface area (Å²) < 4.78 is 46.7. The number of furan rings is 1. The Morgan fingerprint density at radius 3 is 2.65 bits per heavy atom. The van der Waals surface area contributed by atoms with Gasteiger partial charge in [-0.25, -0.2) is 4.68 Å². The fourth-order valence-corrected chi connectivity index (χ4v) is 3.08. The molecule has 0 fully saturated rings. The van der Waals surface area contributed by atoms with Crippen molar-refractivity contribution in [1.82, 2.24) is 15.1 Å². The first-order valence-corrected chi connectivity index (χ1v) is 8.32. The minimum Gasteiger partial charge on any atom is -0.467 e. The number of aromatic nitrogens is 2. The van der Waals surface area contributed by atoms with Gasteiger partial charge in [-0.15, -0.1) is 0 Å². The molecule has 0 bridgehead atoms. The van der Waals surface area contributed by atoms with E-state index in [4.69, 9.17) is 16.0 Å². The van der Waals surface area contributed by atoms with Crippen LogP contribution in [0.1, 0.15) is 55.5 Å². The molecule has 2 aromatic heterocycles. The smallest absolute Gasteiger partial charge is 0.410 e. The minimum absolute atomic E-state index is 0.0549. The van der Waals surface area contributed by atoms with Crippen LogP contribution in [0.4, 0.5) is 19.0 Å². The number of rotatable bonds is 2. The highest BCUT2D eigenvalue weighted by atomic mass is 35.5. The number of amides is 1. The topological polar surface area (TPSA) is 72.1 Å². The van der Waals surface area contributed by atoms with Gasteiger partial charge in [-0.2, -0.15) is 18.3 Å². The molecule has 0 aliphatic carbocycles. The summed E-state index contributed by atoms with van der Waals surface area (Å²) in [6, 6.07) is 0.507. The molecule has 0 unspecified atom stereocenters. The van der Waals surface area contributed by atoms with Crippen molar-refractivity contribution >= 4 is 23.3 Å². The van der Waals surface area contributed by atoms with Gasteiger partial charge in [0.2, 0.25) is 0 Å². The maximum Gasteiger partial charge on any atom is 0.410 e. The Morgan fingerprint density at radius 1 is 1.42 bits per heavy atom. The lowest BCUT2D eigenvalue weighted by atomic mass is 10.0. The molecule has 2 atom stereocenters. The van der Waals surface area contributed by atoms with Gasteiger partial charge in [0.05, 0.1) is 12.3 Å². The molecule has 2 aromatic rings. The largest absolute Gasteiger partial charge is 0.467 e. The fourth-order valence-electron chi connectivity index (χ4n) is 2.81. The van der Waals surface area contributed by atoms with Crippen molar-refractivity contribution in [3.8, 4) is 0 Å². The zero-order valence-electron chi connectivity index (χ0n) is 14.3. The molecule has 0 aromatic carbocycles. The van der Waals surface area contributed by atoms with E-state index in [0.29, 0.717) is 5.76 Å². The molecule has 1 aliphatic heterocycles. The van der Waals surface area contributed by atoms with Gasteiger partial charge in [-0.05, 0) is 32.9 Å². The minimum atomic E-state index is -4.56. The van der Waals surface area contributed by atoms with E-state index in [1.165, 1.54) is 6.26 Å². The van der Waals surface area contributed by atoms with Crippen LogP contribution in [0.3, 0.4) is 0 Å². The van der Waals surface area contributed by atoms with Crippen molar-refractivity contribution in [2.24, 2.45) is 0 Å². The lowest BCUT2D eigenvalue weighted by molar-refractivity contribution is -0.174. The Balaban J connectivity index is 2.03. The van der Waals surface area contributed by atoms with Gasteiger partial charge >= 0.3 is 6.18 Å². The number of nitrogens with zero attached hydrogens (tertiary/aromatic N) is 2. The van der Waals surface area contributed by atoms with Crippen LogP contribution in [0, 0.1) is 0 Å². The van der Waals surface area contributed by atoms with Crippen molar-refractivity contribution in [2.45, 2.75) is 51.0 Å². The molecule has 1 aliphatic rings. The third-order valence-electron chi connectivity index (χ3n) is 3.89. The average molecular weight is 391 g/mol. The fraction of sp³-hybridized carbons (Fsp3) is 0.500. The summed E-state index contributed by atoms with van der Waals surface area (Å²) in [6.07, 6.45) is -3.51. The summed E-state index contributed by atoms with van der Waals surface area (Å²) in [6.45, 7) is 5.25. The summed E-state index contributed by atoms with van der Waals surface area (Å²) >= 11 is 6.20. The van der Waals surface area contributed by atoms with Crippen molar-refractivity contribution < 1.29 is 22.4 Å². The SMILES string of the molecule is CC(C)(C)NC(=O)c1nn2c(c1Cl)N[C@@H](c1ccco1)C[C@@H]2C(F)(F)F. The molecule has 0 saturated heterocycles. The van der Waals surface area contributed by atoms with Crippen molar-refractivity contribution in [1.29, 1.82) is 0 Å². The van der Waals surface area contributed by atoms with Crippen molar-refractivity contribution in [3.63, 3.8) is 0 Å². The van der Waals surface area contributed by atoms with E-state index in [0.717, 1.165) is 4.68 Å². The number of hydrogen-bond acceptors (Lipinski definition) is 4. The number of halogens is 4. The maximum absolute atomic E-state index is 13.6. The van der Waals surface area contributed by atoms with Crippen molar-refractivity contribution in [2.75, 3.05) is 5.32 Å². The predicted molar refractivity (Wildman–Crippen MR) is 89.2 cm³/mol. The van der Waals surface area contributed by atoms with Crippen LogP contribution in [0.15, 0.2) is 22.8 Å². The number of alkyl halides is 3. The van der Waals surface area contributed by atoms with Crippen LogP contribution in [0.25, 0.3) is 0 Å².